The third kappa shape index (κ3) is 5.09. The summed E-state index contributed by atoms with van der Waals surface area (Å²) < 4.78 is 11.2. The van der Waals surface area contributed by atoms with Crippen LogP contribution in [0.3, 0.4) is 0 Å². The normalized spacial score (nSPS) is 11.7. The summed E-state index contributed by atoms with van der Waals surface area (Å²) in [4.78, 5) is 0. The van der Waals surface area contributed by atoms with Crippen LogP contribution in [0.5, 0.6) is 0 Å². The first-order chi connectivity index (χ1) is 29.2. The maximum absolute atomic E-state index is 9.46. The van der Waals surface area contributed by atoms with Crippen LogP contribution in [0.25, 0.3) is 110 Å². The molecule has 0 aliphatic rings. The molecule has 274 valence electrons. The van der Waals surface area contributed by atoms with E-state index >= 15 is 0 Å². The van der Waals surface area contributed by atoms with Crippen molar-refractivity contribution in [3.8, 4) is 50.8 Å². The highest BCUT2D eigenvalue weighted by molar-refractivity contribution is 6.17. The minimum atomic E-state index is 0.649. The van der Waals surface area contributed by atoms with Gasteiger partial charge in [-0.25, -0.2) is 0 Å². The van der Waals surface area contributed by atoms with Crippen molar-refractivity contribution in [2.24, 2.45) is 0 Å². The molecule has 3 heterocycles. The maximum atomic E-state index is 9.46. The first kappa shape index (κ1) is 33.1. The van der Waals surface area contributed by atoms with Gasteiger partial charge in [-0.1, -0.05) is 115 Å². The second-order valence-electron chi connectivity index (χ2n) is 15.2. The molecule has 0 aliphatic carbocycles. The van der Waals surface area contributed by atoms with Crippen LogP contribution in [-0.2, 0) is 0 Å². The standard InChI is InChI=1S/C55H33N3O/c56-34-35-23-27-41(28-24-35)58-49-20-6-4-16-46(49)54-42(17-10-21-52(54)58)38-12-8-11-36(31-38)37-25-29-50-47(32-37)48-33-39(26-30-51(48)57(50)40-13-2-1-3-14-40)43-18-9-19-45-44-15-5-7-22-53(44)59-55(43)45/h1-33H. The number of benzene rings is 9. The summed E-state index contributed by atoms with van der Waals surface area (Å²) in [6, 6.07) is 73.3. The zero-order valence-electron chi connectivity index (χ0n) is 31.8. The van der Waals surface area contributed by atoms with Crippen LogP contribution in [0.2, 0.25) is 0 Å². The van der Waals surface area contributed by atoms with Gasteiger partial charge in [0.15, 0.2) is 0 Å². The molecule has 9 aromatic carbocycles. The van der Waals surface area contributed by atoms with E-state index in [1.54, 1.807) is 0 Å². The number of fused-ring (bicyclic) bond motifs is 9. The van der Waals surface area contributed by atoms with Crippen molar-refractivity contribution in [3.05, 3.63) is 206 Å². The molecule has 0 atom stereocenters. The number of aromatic nitrogens is 2. The largest absolute Gasteiger partial charge is 0.455 e. The molecule has 59 heavy (non-hydrogen) atoms. The summed E-state index contributed by atoms with van der Waals surface area (Å²) in [5, 5.41) is 16.5. The van der Waals surface area contributed by atoms with Crippen molar-refractivity contribution in [2.45, 2.75) is 0 Å². The topological polar surface area (TPSA) is 46.8 Å². The molecule has 0 unspecified atom stereocenters. The molecule has 0 fully saturated rings. The molecule has 0 N–H and O–H groups in total. The first-order valence-corrected chi connectivity index (χ1v) is 19.9. The average Bonchev–Trinajstić information content (AvgIpc) is 3.97. The number of hydrogen-bond acceptors (Lipinski definition) is 2. The van der Waals surface area contributed by atoms with E-state index in [4.69, 9.17) is 4.42 Å². The Morgan fingerprint density at radius 1 is 0.373 bits per heavy atom. The highest BCUT2D eigenvalue weighted by Gasteiger charge is 2.19. The van der Waals surface area contributed by atoms with Gasteiger partial charge in [0.05, 0.1) is 33.7 Å². The van der Waals surface area contributed by atoms with Crippen LogP contribution in [0.15, 0.2) is 205 Å². The summed E-state index contributed by atoms with van der Waals surface area (Å²) in [5.74, 6) is 0. The maximum Gasteiger partial charge on any atom is 0.143 e. The lowest BCUT2D eigenvalue weighted by molar-refractivity contribution is 0.670. The van der Waals surface area contributed by atoms with Gasteiger partial charge in [0.2, 0.25) is 0 Å². The SMILES string of the molecule is N#Cc1ccc(-n2c3ccccc3c3c(-c4cccc(-c5ccc6c(c5)c5cc(-c7cccc8c7oc7ccccc78)ccc5n6-c5ccccc5)c4)cccc32)cc1. The molecule has 0 amide bonds. The third-order valence-corrected chi connectivity index (χ3v) is 12.0. The summed E-state index contributed by atoms with van der Waals surface area (Å²) in [6.45, 7) is 0. The Hall–Kier alpha value is -8.13. The second-order valence-corrected chi connectivity index (χ2v) is 15.2. The molecule has 4 heteroatoms. The minimum absolute atomic E-state index is 0.649. The van der Waals surface area contributed by atoms with Gasteiger partial charge in [-0.2, -0.15) is 5.26 Å². The quantitative estimate of drug-likeness (QED) is 0.176. The Balaban J connectivity index is 1.04. The van der Waals surface area contributed by atoms with Crippen molar-refractivity contribution < 1.29 is 4.42 Å². The molecule has 0 saturated heterocycles. The highest BCUT2D eigenvalue weighted by Crippen LogP contribution is 2.42. The number of nitriles is 1. The average molecular weight is 752 g/mol. The Morgan fingerprint density at radius 2 is 0.932 bits per heavy atom. The molecular formula is C55H33N3O. The molecule has 0 bridgehead atoms. The number of hydrogen-bond donors (Lipinski definition) is 0. The second kappa shape index (κ2) is 13.0. The molecule has 12 rings (SSSR count). The van der Waals surface area contributed by atoms with Crippen molar-refractivity contribution in [1.82, 2.24) is 9.13 Å². The van der Waals surface area contributed by atoms with E-state index in [-0.39, 0.29) is 0 Å². The van der Waals surface area contributed by atoms with E-state index in [0.717, 1.165) is 83.2 Å². The van der Waals surface area contributed by atoms with Gasteiger partial charge in [-0.05, 0) is 113 Å². The Morgan fingerprint density at radius 3 is 1.76 bits per heavy atom. The van der Waals surface area contributed by atoms with Crippen LogP contribution in [0.4, 0.5) is 0 Å². The number of furan rings is 1. The Labute approximate surface area is 339 Å². The molecule has 12 aromatic rings. The van der Waals surface area contributed by atoms with Crippen LogP contribution >= 0.6 is 0 Å². The van der Waals surface area contributed by atoms with Gasteiger partial charge in [-0.15, -0.1) is 0 Å². The number of nitrogens with zero attached hydrogens (tertiary/aromatic N) is 3. The fourth-order valence-corrected chi connectivity index (χ4v) is 9.29. The molecule has 0 radical (unpaired) electrons. The van der Waals surface area contributed by atoms with Gasteiger partial charge in [0, 0.05) is 49.3 Å². The zero-order valence-corrected chi connectivity index (χ0v) is 31.8. The summed E-state index contributed by atoms with van der Waals surface area (Å²) in [6.07, 6.45) is 0. The summed E-state index contributed by atoms with van der Waals surface area (Å²) in [7, 11) is 0. The fourth-order valence-electron chi connectivity index (χ4n) is 9.29. The molecule has 4 nitrogen and oxygen atoms in total. The van der Waals surface area contributed by atoms with Crippen molar-refractivity contribution >= 4 is 65.6 Å². The highest BCUT2D eigenvalue weighted by atomic mass is 16.3. The van der Waals surface area contributed by atoms with Crippen molar-refractivity contribution in [1.29, 1.82) is 5.26 Å². The van der Waals surface area contributed by atoms with E-state index < -0.39 is 0 Å². The fraction of sp³-hybridized carbons (Fsp3) is 0. The smallest absolute Gasteiger partial charge is 0.143 e. The summed E-state index contributed by atoms with van der Waals surface area (Å²) in [5.41, 5.74) is 16.0. The zero-order chi connectivity index (χ0) is 39.0. The van der Waals surface area contributed by atoms with Crippen molar-refractivity contribution in [2.75, 3.05) is 0 Å². The van der Waals surface area contributed by atoms with Gasteiger partial charge < -0.3 is 13.6 Å². The van der Waals surface area contributed by atoms with E-state index in [1.807, 2.05) is 36.4 Å². The van der Waals surface area contributed by atoms with Crippen LogP contribution < -0.4 is 0 Å². The van der Waals surface area contributed by atoms with Crippen LogP contribution in [-0.4, -0.2) is 9.13 Å². The molecule has 0 aliphatic heterocycles. The Bertz CT molecular complexity index is 3670. The van der Waals surface area contributed by atoms with E-state index in [1.165, 1.54) is 27.1 Å². The minimum Gasteiger partial charge on any atom is -0.455 e. The third-order valence-electron chi connectivity index (χ3n) is 12.0. The lowest BCUT2D eigenvalue weighted by Gasteiger charge is -2.11. The van der Waals surface area contributed by atoms with Crippen LogP contribution in [0, 0.1) is 11.3 Å². The first-order valence-electron chi connectivity index (χ1n) is 19.9. The lowest BCUT2D eigenvalue weighted by atomic mass is 9.95. The lowest BCUT2D eigenvalue weighted by Crippen LogP contribution is -1.93. The molecule has 0 spiro atoms. The van der Waals surface area contributed by atoms with Crippen LogP contribution in [0.1, 0.15) is 5.56 Å². The van der Waals surface area contributed by atoms with E-state index in [9.17, 15) is 5.26 Å². The van der Waals surface area contributed by atoms with E-state index in [2.05, 4.69) is 179 Å². The van der Waals surface area contributed by atoms with Gasteiger partial charge in [0.1, 0.15) is 11.2 Å². The monoisotopic (exact) mass is 751 g/mol. The predicted molar refractivity (Wildman–Crippen MR) is 243 cm³/mol. The van der Waals surface area contributed by atoms with Gasteiger partial charge in [-0.3, -0.25) is 0 Å². The van der Waals surface area contributed by atoms with Crippen molar-refractivity contribution in [3.63, 3.8) is 0 Å². The molecule has 0 saturated carbocycles. The number of para-hydroxylation sites is 4. The number of rotatable bonds is 5. The summed E-state index contributed by atoms with van der Waals surface area (Å²) >= 11 is 0. The molecular weight excluding hydrogens is 719 g/mol. The van der Waals surface area contributed by atoms with Gasteiger partial charge >= 0.3 is 0 Å². The predicted octanol–water partition coefficient (Wildman–Crippen LogP) is 14.7. The Kier molecular flexibility index (Phi) is 7.26. The van der Waals surface area contributed by atoms with E-state index in [0.29, 0.717) is 5.56 Å². The molecule has 3 aromatic heterocycles. The van der Waals surface area contributed by atoms with Gasteiger partial charge in [0.25, 0.3) is 0 Å².